The van der Waals surface area contributed by atoms with Gasteiger partial charge in [0.2, 0.25) is 0 Å². The predicted molar refractivity (Wildman–Crippen MR) is 113 cm³/mol. The number of hydrogen-bond acceptors (Lipinski definition) is 15. The van der Waals surface area contributed by atoms with Crippen LogP contribution in [0.15, 0.2) is 0 Å². The van der Waals surface area contributed by atoms with Crippen LogP contribution in [0, 0.1) is 0 Å². The SMILES string of the molecule is CC(COCC(C)OC(=O)OCC(C)OC(=O)OCCO)OC(=O)OCC(C)OC(=O)OCCO. The largest absolute Gasteiger partial charge is 0.508 e. The maximum atomic E-state index is 11.7. The average molecular weight is 514 g/mol. The average Bonchev–Trinajstić information content (AvgIpc) is 2.78. The molecule has 0 fully saturated rings. The van der Waals surface area contributed by atoms with Gasteiger partial charge in [0.05, 0.1) is 26.4 Å². The van der Waals surface area contributed by atoms with Gasteiger partial charge in [0.25, 0.3) is 0 Å². The van der Waals surface area contributed by atoms with E-state index in [1.54, 1.807) is 13.8 Å². The molecular weight excluding hydrogens is 480 g/mol. The van der Waals surface area contributed by atoms with Gasteiger partial charge >= 0.3 is 24.6 Å². The summed E-state index contributed by atoms with van der Waals surface area (Å²) in [5.74, 6) is 0. The molecule has 204 valence electrons. The molecule has 35 heavy (non-hydrogen) atoms. The highest BCUT2D eigenvalue weighted by atomic mass is 16.8. The fraction of sp³-hybridized carbons (Fsp3) is 0.800. The highest BCUT2D eigenvalue weighted by molar-refractivity contribution is 5.61. The first-order chi connectivity index (χ1) is 16.6. The van der Waals surface area contributed by atoms with Crippen LogP contribution < -0.4 is 0 Å². The fourth-order valence-corrected chi connectivity index (χ4v) is 1.96. The van der Waals surface area contributed by atoms with Crippen LogP contribution in [0.25, 0.3) is 0 Å². The van der Waals surface area contributed by atoms with Crippen LogP contribution in [0.4, 0.5) is 19.2 Å². The van der Waals surface area contributed by atoms with Crippen molar-refractivity contribution in [1.29, 1.82) is 0 Å². The summed E-state index contributed by atoms with van der Waals surface area (Å²) < 4.78 is 43.4. The zero-order chi connectivity index (χ0) is 26.6. The standard InChI is InChI=1S/C20H34O15/c1-13(32-19(25)30-11-15(3)34-17(23)28-7-5-21)9-27-10-14(2)33-20(26)31-12-16(4)35-18(24)29-8-6-22/h13-16,21-22H,5-12H2,1-4H3. The number of aliphatic hydroxyl groups excluding tert-OH is 2. The Morgan fingerprint density at radius 1 is 0.514 bits per heavy atom. The molecule has 0 aliphatic carbocycles. The molecule has 0 heterocycles. The maximum absolute atomic E-state index is 11.7. The van der Waals surface area contributed by atoms with Crippen LogP contribution >= 0.6 is 0 Å². The molecule has 0 saturated carbocycles. The van der Waals surface area contributed by atoms with Crippen LogP contribution in [-0.2, 0) is 42.6 Å². The minimum Gasteiger partial charge on any atom is -0.432 e. The first-order valence-electron chi connectivity index (χ1n) is 10.7. The van der Waals surface area contributed by atoms with E-state index in [-0.39, 0.29) is 52.9 Å². The molecule has 0 aliphatic rings. The van der Waals surface area contributed by atoms with Crippen molar-refractivity contribution < 1.29 is 72.0 Å². The van der Waals surface area contributed by atoms with Crippen LogP contribution in [-0.4, -0.2) is 112 Å². The molecule has 4 unspecified atom stereocenters. The van der Waals surface area contributed by atoms with Gasteiger partial charge in [-0.2, -0.15) is 0 Å². The predicted octanol–water partition coefficient (Wildman–Crippen LogP) is 1.15. The Balaban J connectivity index is 3.95. The van der Waals surface area contributed by atoms with E-state index < -0.39 is 49.0 Å². The summed E-state index contributed by atoms with van der Waals surface area (Å²) in [6, 6.07) is 0. The van der Waals surface area contributed by atoms with Gasteiger partial charge in [-0.3, -0.25) is 0 Å². The Kier molecular flexibility index (Phi) is 17.6. The van der Waals surface area contributed by atoms with Gasteiger partial charge in [0.15, 0.2) is 0 Å². The lowest BCUT2D eigenvalue weighted by Gasteiger charge is -2.18. The minimum absolute atomic E-state index is 0.0296. The van der Waals surface area contributed by atoms with Crippen LogP contribution in [0.1, 0.15) is 27.7 Å². The van der Waals surface area contributed by atoms with E-state index in [9.17, 15) is 19.2 Å². The van der Waals surface area contributed by atoms with Crippen molar-refractivity contribution in [2.45, 2.75) is 52.1 Å². The summed E-state index contributed by atoms with van der Waals surface area (Å²) in [4.78, 5) is 45.7. The molecule has 0 aromatic heterocycles. The summed E-state index contributed by atoms with van der Waals surface area (Å²) in [6.45, 7) is 4.29. The third kappa shape index (κ3) is 19.0. The Morgan fingerprint density at radius 2 is 0.800 bits per heavy atom. The van der Waals surface area contributed by atoms with E-state index >= 15 is 0 Å². The topological polar surface area (TPSA) is 192 Å². The van der Waals surface area contributed by atoms with Gasteiger partial charge in [-0.25, -0.2) is 19.2 Å². The van der Waals surface area contributed by atoms with Gasteiger partial charge in [0, 0.05) is 0 Å². The molecule has 2 N–H and O–H groups in total. The van der Waals surface area contributed by atoms with Gasteiger partial charge in [-0.05, 0) is 27.7 Å². The normalized spacial score (nSPS) is 13.9. The van der Waals surface area contributed by atoms with E-state index in [2.05, 4.69) is 9.47 Å². The Bertz CT molecular complexity index is 574. The molecule has 0 aromatic rings. The van der Waals surface area contributed by atoms with Gasteiger partial charge in [0.1, 0.15) is 50.8 Å². The van der Waals surface area contributed by atoms with E-state index in [1.807, 2.05) is 0 Å². The first kappa shape index (κ1) is 32.0. The number of ether oxygens (including phenoxy) is 9. The zero-order valence-corrected chi connectivity index (χ0v) is 20.2. The van der Waals surface area contributed by atoms with E-state index in [4.69, 9.17) is 43.4 Å². The molecule has 0 amide bonds. The number of carbonyl (C=O) groups is 4. The molecule has 15 nitrogen and oxygen atoms in total. The summed E-state index contributed by atoms with van der Waals surface area (Å²) in [7, 11) is 0. The van der Waals surface area contributed by atoms with Gasteiger partial charge in [-0.1, -0.05) is 0 Å². The molecule has 0 spiro atoms. The molecule has 0 aliphatic heterocycles. The number of rotatable bonds is 16. The molecule has 15 heteroatoms. The molecule has 0 saturated heterocycles. The summed E-state index contributed by atoms with van der Waals surface area (Å²) >= 11 is 0. The lowest BCUT2D eigenvalue weighted by Crippen LogP contribution is -2.28. The van der Waals surface area contributed by atoms with Crippen molar-refractivity contribution >= 4 is 24.6 Å². The molecule has 4 atom stereocenters. The summed E-state index contributed by atoms with van der Waals surface area (Å²) in [6.07, 6.45) is -7.03. The summed E-state index contributed by atoms with van der Waals surface area (Å²) in [5.41, 5.74) is 0. The van der Waals surface area contributed by atoms with Crippen molar-refractivity contribution in [2.24, 2.45) is 0 Å². The molecular formula is C20H34O15. The lowest BCUT2D eigenvalue weighted by atomic mass is 10.4. The zero-order valence-electron chi connectivity index (χ0n) is 20.2. The molecule has 0 rings (SSSR count). The van der Waals surface area contributed by atoms with Crippen LogP contribution in [0.3, 0.4) is 0 Å². The second kappa shape index (κ2) is 19.3. The highest BCUT2D eigenvalue weighted by Gasteiger charge is 2.18. The van der Waals surface area contributed by atoms with Gasteiger partial charge < -0.3 is 52.8 Å². The lowest BCUT2D eigenvalue weighted by molar-refractivity contribution is -0.0527. The van der Waals surface area contributed by atoms with E-state index in [0.717, 1.165) is 0 Å². The molecule has 0 radical (unpaired) electrons. The second-order valence-corrected chi connectivity index (χ2v) is 7.02. The number of carbonyl (C=O) groups excluding carboxylic acids is 4. The van der Waals surface area contributed by atoms with Crippen molar-refractivity contribution in [3.8, 4) is 0 Å². The fourth-order valence-electron chi connectivity index (χ4n) is 1.96. The van der Waals surface area contributed by atoms with Crippen molar-refractivity contribution in [1.82, 2.24) is 0 Å². The first-order valence-corrected chi connectivity index (χ1v) is 10.7. The Hall–Kier alpha value is -3.04. The third-order valence-electron chi connectivity index (χ3n) is 3.39. The second-order valence-electron chi connectivity index (χ2n) is 7.02. The minimum atomic E-state index is -1.01. The van der Waals surface area contributed by atoms with Crippen LogP contribution in [0.5, 0.6) is 0 Å². The van der Waals surface area contributed by atoms with Crippen molar-refractivity contribution in [3.63, 3.8) is 0 Å². The summed E-state index contributed by atoms with van der Waals surface area (Å²) in [5, 5.41) is 17.1. The molecule has 0 aromatic carbocycles. The van der Waals surface area contributed by atoms with E-state index in [1.165, 1.54) is 13.8 Å². The number of aliphatic hydroxyl groups is 2. The highest BCUT2D eigenvalue weighted by Crippen LogP contribution is 2.03. The smallest absolute Gasteiger partial charge is 0.432 e. The number of hydrogen-bond donors (Lipinski definition) is 2. The molecule has 0 bridgehead atoms. The Labute approximate surface area is 202 Å². The maximum Gasteiger partial charge on any atom is 0.508 e. The quantitative estimate of drug-likeness (QED) is 0.220. The van der Waals surface area contributed by atoms with E-state index in [0.29, 0.717) is 0 Å². The Morgan fingerprint density at radius 3 is 1.11 bits per heavy atom. The van der Waals surface area contributed by atoms with Gasteiger partial charge in [-0.15, -0.1) is 0 Å². The monoisotopic (exact) mass is 514 g/mol. The van der Waals surface area contributed by atoms with Crippen LogP contribution in [0.2, 0.25) is 0 Å². The van der Waals surface area contributed by atoms with Crippen molar-refractivity contribution in [3.05, 3.63) is 0 Å². The third-order valence-corrected chi connectivity index (χ3v) is 3.39. The van der Waals surface area contributed by atoms with Crippen molar-refractivity contribution in [2.75, 3.05) is 52.9 Å².